The van der Waals surface area contributed by atoms with Crippen LogP contribution < -0.4 is 0 Å². The summed E-state index contributed by atoms with van der Waals surface area (Å²) in [5, 5.41) is 9.85. The van der Waals surface area contributed by atoms with Gasteiger partial charge in [0.25, 0.3) is 0 Å². The van der Waals surface area contributed by atoms with E-state index in [1.165, 1.54) is 0 Å². The SMILES string of the molecule is CCC1=C(c2ccccc2)C1(C(=O)O)c1ccccc1. The maximum absolute atomic E-state index is 12.0. The topological polar surface area (TPSA) is 37.3 Å². The number of hydrogen-bond donors (Lipinski definition) is 1. The molecule has 0 fully saturated rings. The standard InChI is InChI=1S/C18H16O2/c1-2-15-16(13-9-5-3-6-10-13)18(15,17(19)20)14-11-7-4-8-12-14/h3-12H,2H2,1H3,(H,19,20). The minimum Gasteiger partial charge on any atom is -0.480 e. The maximum Gasteiger partial charge on any atom is 0.322 e. The number of hydrogen-bond acceptors (Lipinski definition) is 1. The molecule has 0 saturated heterocycles. The zero-order valence-electron chi connectivity index (χ0n) is 11.3. The van der Waals surface area contributed by atoms with Crippen LogP contribution in [-0.2, 0) is 10.2 Å². The molecule has 0 amide bonds. The summed E-state index contributed by atoms with van der Waals surface area (Å²) in [6, 6.07) is 19.3. The number of benzene rings is 2. The molecule has 0 aliphatic heterocycles. The van der Waals surface area contributed by atoms with E-state index in [9.17, 15) is 9.90 Å². The van der Waals surface area contributed by atoms with Crippen molar-refractivity contribution in [1.82, 2.24) is 0 Å². The molecule has 2 aromatic rings. The molecule has 1 aliphatic rings. The van der Waals surface area contributed by atoms with Gasteiger partial charge < -0.3 is 5.11 Å². The second-order valence-electron chi connectivity index (χ2n) is 4.99. The van der Waals surface area contributed by atoms with Crippen molar-refractivity contribution in [3.8, 4) is 0 Å². The van der Waals surface area contributed by atoms with Gasteiger partial charge in [0.2, 0.25) is 0 Å². The Morgan fingerprint density at radius 1 is 1.00 bits per heavy atom. The average Bonchev–Trinajstić information content (AvgIpc) is 3.19. The first-order chi connectivity index (χ1) is 9.72. The highest BCUT2D eigenvalue weighted by Gasteiger charge is 2.59. The summed E-state index contributed by atoms with van der Waals surface area (Å²) < 4.78 is 0. The summed E-state index contributed by atoms with van der Waals surface area (Å²) in [6.07, 6.45) is 0.755. The number of aliphatic carboxylic acids is 1. The first kappa shape index (κ1) is 12.7. The minimum atomic E-state index is -0.919. The van der Waals surface area contributed by atoms with Gasteiger partial charge in [-0.2, -0.15) is 0 Å². The van der Waals surface area contributed by atoms with Crippen LogP contribution in [-0.4, -0.2) is 11.1 Å². The molecular formula is C18H16O2. The van der Waals surface area contributed by atoms with E-state index < -0.39 is 11.4 Å². The largest absolute Gasteiger partial charge is 0.480 e. The lowest BCUT2D eigenvalue weighted by molar-refractivity contribution is -0.139. The molecule has 3 rings (SSSR count). The van der Waals surface area contributed by atoms with Crippen molar-refractivity contribution in [2.45, 2.75) is 18.8 Å². The molecule has 1 aliphatic carbocycles. The third-order valence-corrected chi connectivity index (χ3v) is 4.01. The van der Waals surface area contributed by atoms with Gasteiger partial charge >= 0.3 is 5.97 Å². The highest BCUT2D eigenvalue weighted by Crippen LogP contribution is 2.61. The van der Waals surface area contributed by atoms with E-state index in [4.69, 9.17) is 0 Å². The summed E-state index contributed by atoms with van der Waals surface area (Å²) in [5.74, 6) is -0.778. The summed E-state index contributed by atoms with van der Waals surface area (Å²) in [7, 11) is 0. The Balaban J connectivity index is 2.14. The van der Waals surface area contributed by atoms with E-state index in [0.29, 0.717) is 0 Å². The van der Waals surface area contributed by atoms with Crippen LogP contribution in [0.1, 0.15) is 24.5 Å². The summed E-state index contributed by atoms with van der Waals surface area (Å²) in [4.78, 5) is 12.0. The first-order valence-corrected chi connectivity index (χ1v) is 6.81. The molecule has 20 heavy (non-hydrogen) atoms. The molecule has 2 aromatic carbocycles. The van der Waals surface area contributed by atoms with E-state index in [1.807, 2.05) is 67.6 Å². The molecular weight excluding hydrogens is 248 g/mol. The Morgan fingerprint density at radius 2 is 1.55 bits per heavy atom. The molecule has 0 saturated carbocycles. The molecule has 1 unspecified atom stereocenters. The highest BCUT2D eigenvalue weighted by atomic mass is 16.4. The number of carboxylic acid groups (broad SMARTS) is 1. The maximum atomic E-state index is 12.0. The van der Waals surface area contributed by atoms with Crippen LogP contribution in [0, 0.1) is 0 Å². The van der Waals surface area contributed by atoms with Crippen LogP contribution in [0.3, 0.4) is 0 Å². The second kappa shape index (κ2) is 4.64. The Morgan fingerprint density at radius 3 is 2.05 bits per heavy atom. The zero-order chi connectivity index (χ0) is 14.2. The van der Waals surface area contributed by atoms with Gasteiger partial charge in [0.1, 0.15) is 5.41 Å². The third kappa shape index (κ3) is 1.61. The van der Waals surface area contributed by atoms with Gasteiger partial charge in [0, 0.05) is 0 Å². The molecule has 1 atom stereocenters. The lowest BCUT2D eigenvalue weighted by Crippen LogP contribution is -2.25. The summed E-state index contributed by atoms with van der Waals surface area (Å²) >= 11 is 0. The molecule has 0 heterocycles. The number of rotatable bonds is 4. The van der Waals surface area contributed by atoms with Crippen molar-refractivity contribution < 1.29 is 9.90 Å². The molecule has 100 valence electrons. The Hall–Kier alpha value is -2.35. The molecule has 2 nitrogen and oxygen atoms in total. The fourth-order valence-electron chi connectivity index (χ4n) is 3.14. The smallest absolute Gasteiger partial charge is 0.322 e. The van der Waals surface area contributed by atoms with Crippen LogP contribution >= 0.6 is 0 Å². The molecule has 0 aromatic heterocycles. The fraction of sp³-hybridized carbons (Fsp3) is 0.167. The van der Waals surface area contributed by atoms with Gasteiger partial charge in [-0.3, -0.25) is 4.79 Å². The van der Waals surface area contributed by atoms with Crippen molar-refractivity contribution in [3.63, 3.8) is 0 Å². The lowest BCUT2D eigenvalue weighted by Gasteiger charge is -2.16. The first-order valence-electron chi connectivity index (χ1n) is 6.81. The zero-order valence-corrected chi connectivity index (χ0v) is 11.3. The monoisotopic (exact) mass is 264 g/mol. The average molecular weight is 264 g/mol. The van der Waals surface area contributed by atoms with Crippen LogP contribution in [0.25, 0.3) is 5.57 Å². The molecule has 0 radical (unpaired) electrons. The minimum absolute atomic E-state index is 0.755. The van der Waals surface area contributed by atoms with Gasteiger partial charge in [-0.25, -0.2) is 0 Å². The van der Waals surface area contributed by atoms with Crippen LogP contribution in [0.2, 0.25) is 0 Å². The van der Waals surface area contributed by atoms with Crippen LogP contribution in [0.4, 0.5) is 0 Å². The Kier molecular flexibility index (Phi) is 2.94. The molecule has 2 heteroatoms. The van der Waals surface area contributed by atoms with E-state index in [-0.39, 0.29) is 0 Å². The summed E-state index contributed by atoms with van der Waals surface area (Å²) in [6.45, 7) is 2.02. The predicted octanol–water partition coefficient (Wildman–Crippen LogP) is 3.89. The van der Waals surface area contributed by atoms with Gasteiger partial charge in [-0.1, -0.05) is 67.6 Å². The van der Waals surface area contributed by atoms with Crippen molar-refractivity contribution in [1.29, 1.82) is 0 Å². The van der Waals surface area contributed by atoms with Gasteiger partial charge in [-0.15, -0.1) is 0 Å². The van der Waals surface area contributed by atoms with Crippen molar-refractivity contribution in [3.05, 3.63) is 77.4 Å². The molecule has 1 N–H and O–H groups in total. The van der Waals surface area contributed by atoms with E-state index in [0.717, 1.165) is 28.7 Å². The molecule has 0 bridgehead atoms. The Bertz CT molecular complexity index is 671. The Labute approximate surface area is 118 Å². The second-order valence-corrected chi connectivity index (χ2v) is 4.99. The van der Waals surface area contributed by atoms with Crippen molar-refractivity contribution in [2.24, 2.45) is 0 Å². The van der Waals surface area contributed by atoms with Crippen molar-refractivity contribution >= 4 is 11.5 Å². The number of carboxylic acids is 1. The van der Waals surface area contributed by atoms with E-state index in [1.54, 1.807) is 0 Å². The van der Waals surface area contributed by atoms with Crippen LogP contribution in [0.15, 0.2) is 66.2 Å². The summed E-state index contributed by atoms with van der Waals surface area (Å²) in [5.41, 5.74) is 2.91. The van der Waals surface area contributed by atoms with Crippen LogP contribution in [0.5, 0.6) is 0 Å². The molecule has 0 spiro atoms. The van der Waals surface area contributed by atoms with Gasteiger partial charge in [0.15, 0.2) is 0 Å². The van der Waals surface area contributed by atoms with Gasteiger partial charge in [-0.05, 0) is 28.7 Å². The lowest BCUT2D eigenvalue weighted by atomic mass is 9.86. The normalized spacial score (nSPS) is 20.9. The third-order valence-electron chi connectivity index (χ3n) is 4.01. The predicted molar refractivity (Wildman–Crippen MR) is 79.4 cm³/mol. The fourth-order valence-corrected chi connectivity index (χ4v) is 3.14. The van der Waals surface area contributed by atoms with Gasteiger partial charge in [0.05, 0.1) is 0 Å². The van der Waals surface area contributed by atoms with E-state index in [2.05, 4.69) is 0 Å². The van der Waals surface area contributed by atoms with Crippen molar-refractivity contribution in [2.75, 3.05) is 0 Å². The van der Waals surface area contributed by atoms with E-state index >= 15 is 0 Å². The quantitative estimate of drug-likeness (QED) is 0.909. The number of carbonyl (C=O) groups is 1. The highest BCUT2D eigenvalue weighted by molar-refractivity contribution is 6.14.